The molecule has 1 fully saturated rings. The molecule has 2 aromatic carbocycles. The average Bonchev–Trinajstić information content (AvgIpc) is 3.62. The number of benzene rings is 2. The minimum atomic E-state index is -0.749. The van der Waals surface area contributed by atoms with Crippen LogP contribution < -0.4 is 10.2 Å². The predicted octanol–water partition coefficient (Wildman–Crippen LogP) is 4.75. The van der Waals surface area contributed by atoms with E-state index < -0.39 is 28.4 Å². The van der Waals surface area contributed by atoms with E-state index in [0.29, 0.717) is 19.6 Å². The number of carbonyl (C=O) groups is 2. The third-order valence-corrected chi connectivity index (χ3v) is 7.91. The Bertz CT molecular complexity index is 1500. The molecule has 1 amide bonds. The van der Waals surface area contributed by atoms with Gasteiger partial charge in [0.2, 0.25) is 5.43 Å². The van der Waals surface area contributed by atoms with Crippen molar-refractivity contribution < 1.29 is 27.8 Å². The summed E-state index contributed by atoms with van der Waals surface area (Å²) in [7, 11) is 1.62. The standard InChI is InChI=1S/C31H32F2N2O5/c1-19(2)34-18-31(14-22(31)17-39-3)35-15-24(26(36)12-10-21-9-11-23(32)13-25(21)33)28(37)29(27(35)30(34)38)40-16-20-7-5-4-6-8-20/h4-9,11,13,15,19,22H,10,12,14,16-18H2,1-3H3/t22-,31-/m1/s1. The van der Waals surface area contributed by atoms with Crippen molar-refractivity contribution in [2.45, 2.75) is 51.3 Å². The SMILES string of the molecule is COC[C@H]1C[C@@]12CN(C(C)C)C(=O)c1c(OCc3ccccc3)c(=O)c(C(=O)CCc3ccc(F)cc3F)cn12. The Kier molecular flexibility index (Phi) is 7.59. The van der Waals surface area contributed by atoms with E-state index in [1.54, 1.807) is 16.6 Å². The first-order chi connectivity index (χ1) is 19.2. The van der Waals surface area contributed by atoms with Gasteiger partial charge in [0, 0.05) is 44.3 Å². The number of ketones is 1. The summed E-state index contributed by atoms with van der Waals surface area (Å²) < 4.78 is 40.8. The third-order valence-electron chi connectivity index (χ3n) is 7.91. The molecule has 210 valence electrons. The lowest BCUT2D eigenvalue weighted by atomic mass is 9.99. The van der Waals surface area contributed by atoms with Gasteiger partial charge >= 0.3 is 0 Å². The van der Waals surface area contributed by atoms with Crippen LogP contribution in [0.5, 0.6) is 5.75 Å². The number of hydrogen-bond acceptors (Lipinski definition) is 5. The van der Waals surface area contributed by atoms with Gasteiger partial charge in [-0.1, -0.05) is 36.4 Å². The van der Waals surface area contributed by atoms with Crippen molar-refractivity contribution in [1.29, 1.82) is 0 Å². The topological polar surface area (TPSA) is 77.8 Å². The van der Waals surface area contributed by atoms with Crippen LogP contribution in [-0.2, 0) is 23.3 Å². The second-order valence-corrected chi connectivity index (χ2v) is 10.8. The first kappa shape index (κ1) is 27.7. The number of aromatic nitrogens is 1. The summed E-state index contributed by atoms with van der Waals surface area (Å²) in [5.41, 5.74) is -0.241. The maximum Gasteiger partial charge on any atom is 0.274 e. The number of nitrogens with zero attached hydrogens (tertiary/aromatic N) is 2. The molecule has 0 radical (unpaired) electrons. The van der Waals surface area contributed by atoms with Gasteiger partial charge in [0.05, 0.1) is 17.7 Å². The third kappa shape index (κ3) is 5.06. The zero-order chi connectivity index (χ0) is 28.6. The molecule has 9 heteroatoms. The first-order valence-electron chi connectivity index (χ1n) is 13.4. The van der Waals surface area contributed by atoms with Gasteiger partial charge in [-0.25, -0.2) is 8.78 Å². The number of aryl methyl sites for hydroxylation is 1. The largest absolute Gasteiger partial charge is 0.483 e. The zero-order valence-electron chi connectivity index (χ0n) is 22.8. The monoisotopic (exact) mass is 550 g/mol. The molecule has 5 rings (SSSR count). The fourth-order valence-corrected chi connectivity index (χ4v) is 5.58. The number of pyridine rings is 1. The highest BCUT2D eigenvalue weighted by Gasteiger charge is 2.61. The zero-order valence-corrected chi connectivity index (χ0v) is 22.8. The maximum absolute atomic E-state index is 14.2. The van der Waals surface area contributed by atoms with E-state index in [1.807, 2.05) is 44.2 Å². The fraction of sp³-hybridized carbons (Fsp3) is 0.387. The van der Waals surface area contributed by atoms with Crippen molar-refractivity contribution in [3.63, 3.8) is 0 Å². The van der Waals surface area contributed by atoms with Crippen molar-refractivity contribution >= 4 is 11.7 Å². The highest BCUT2D eigenvalue weighted by Crippen LogP contribution is 2.54. The van der Waals surface area contributed by atoms with E-state index in [-0.39, 0.29) is 59.9 Å². The van der Waals surface area contributed by atoms with Gasteiger partial charge in [-0.2, -0.15) is 0 Å². The van der Waals surface area contributed by atoms with Gasteiger partial charge < -0.3 is 18.9 Å². The molecule has 0 saturated heterocycles. The van der Waals surface area contributed by atoms with Crippen LogP contribution >= 0.6 is 0 Å². The molecule has 2 heterocycles. The molecular weight excluding hydrogens is 518 g/mol. The smallest absolute Gasteiger partial charge is 0.274 e. The van der Waals surface area contributed by atoms with E-state index in [9.17, 15) is 23.2 Å². The fourth-order valence-electron chi connectivity index (χ4n) is 5.58. The molecule has 1 aliphatic carbocycles. The number of Topliss-reactive ketones (excluding diaryl/α,β-unsaturated/α-hetero) is 1. The number of halogens is 2. The van der Waals surface area contributed by atoms with Crippen LogP contribution in [0.25, 0.3) is 0 Å². The lowest BCUT2D eigenvalue weighted by Crippen LogP contribution is -2.52. The number of amides is 1. The molecule has 40 heavy (non-hydrogen) atoms. The van der Waals surface area contributed by atoms with Crippen molar-refractivity contribution in [2.75, 3.05) is 20.3 Å². The number of hydrogen-bond donors (Lipinski definition) is 0. The Hall–Kier alpha value is -3.85. The van der Waals surface area contributed by atoms with E-state index in [1.165, 1.54) is 12.3 Å². The van der Waals surface area contributed by atoms with Crippen molar-refractivity contribution in [1.82, 2.24) is 9.47 Å². The molecule has 1 saturated carbocycles. The van der Waals surface area contributed by atoms with Gasteiger partial charge in [0.15, 0.2) is 17.2 Å². The number of ether oxygens (including phenoxy) is 2. The van der Waals surface area contributed by atoms with Gasteiger partial charge in [-0.15, -0.1) is 0 Å². The molecule has 1 spiro atoms. The Morgan fingerprint density at radius 1 is 1.12 bits per heavy atom. The lowest BCUT2D eigenvalue weighted by Gasteiger charge is -2.40. The van der Waals surface area contributed by atoms with Crippen LogP contribution in [0.4, 0.5) is 8.78 Å². The predicted molar refractivity (Wildman–Crippen MR) is 145 cm³/mol. The van der Waals surface area contributed by atoms with E-state index in [4.69, 9.17) is 9.47 Å². The van der Waals surface area contributed by atoms with Gasteiger partial charge in [-0.3, -0.25) is 14.4 Å². The molecule has 1 aliphatic heterocycles. The summed E-state index contributed by atoms with van der Waals surface area (Å²) in [6.45, 7) is 4.75. The van der Waals surface area contributed by atoms with Gasteiger partial charge in [0.1, 0.15) is 18.2 Å². The molecule has 2 aliphatic rings. The number of methoxy groups -OCH3 is 1. The quantitative estimate of drug-likeness (QED) is 0.341. The van der Waals surface area contributed by atoms with Crippen molar-refractivity contribution in [2.24, 2.45) is 5.92 Å². The Labute approximate surface area is 231 Å². The van der Waals surface area contributed by atoms with Crippen molar-refractivity contribution in [3.05, 3.63) is 99.0 Å². The summed E-state index contributed by atoms with van der Waals surface area (Å²) >= 11 is 0. The minimum Gasteiger partial charge on any atom is -0.483 e. The molecular formula is C31H32F2N2O5. The maximum atomic E-state index is 14.2. The Balaban J connectivity index is 1.58. The summed E-state index contributed by atoms with van der Waals surface area (Å²) in [6, 6.07) is 12.3. The molecule has 0 N–H and O–H groups in total. The van der Waals surface area contributed by atoms with Crippen molar-refractivity contribution in [3.8, 4) is 5.75 Å². The van der Waals surface area contributed by atoms with Crippen LogP contribution in [0.2, 0.25) is 0 Å². The molecule has 7 nitrogen and oxygen atoms in total. The Morgan fingerprint density at radius 3 is 2.55 bits per heavy atom. The van der Waals surface area contributed by atoms with Crippen LogP contribution in [0, 0.1) is 17.6 Å². The molecule has 1 aromatic heterocycles. The average molecular weight is 551 g/mol. The van der Waals surface area contributed by atoms with Gasteiger partial charge in [0.25, 0.3) is 5.91 Å². The van der Waals surface area contributed by atoms with Gasteiger partial charge in [-0.05, 0) is 43.9 Å². The normalized spacial score (nSPS) is 19.7. The first-order valence-corrected chi connectivity index (χ1v) is 13.4. The van der Waals surface area contributed by atoms with Crippen LogP contribution in [-0.4, -0.2) is 47.5 Å². The molecule has 3 aromatic rings. The van der Waals surface area contributed by atoms with Crippen LogP contribution in [0.15, 0.2) is 59.5 Å². The van der Waals surface area contributed by atoms with Crippen LogP contribution in [0.3, 0.4) is 0 Å². The number of rotatable bonds is 10. The van der Waals surface area contributed by atoms with E-state index >= 15 is 0 Å². The summed E-state index contributed by atoms with van der Waals surface area (Å²) in [5.74, 6) is -2.39. The van der Waals surface area contributed by atoms with E-state index in [2.05, 4.69) is 0 Å². The van der Waals surface area contributed by atoms with Crippen LogP contribution in [0.1, 0.15) is 58.7 Å². The lowest BCUT2D eigenvalue weighted by molar-refractivity contribution is 0.0539. The number of fused-ring (bicyclic) bond motifs is 2. The highest BCUT2D eigenvalue weighted by atomic mass is 19.1. The minimum absolute atomic E-state index is 0.0101. The highest BCUT2D eigenvalue weighted by molar-refractivity contribution is 6.00. The second-order valence-electron chi connectivity index (χ2n) is 10.8. The molecule has 2 atom stereocenters. The number of carbonyl (C=O) groups excluding carboxylic acids is 2. The summed E-state index contributed by atoms with van der Waals surface area (Å²) in [5, 5.41) is 0. The second kappa shape index (κ2) is 11.0. The molecule has 0 unspecified atom stereocenters. The summed E-state index contributed by atoms with van der Waals surface area (Å²) in [6.07, 6.45) is 2.00. The van der Waals surface area contributed by atoms with E-state index in [0.717, 1.165) is 17.7 Å². The molecule has 0 bridgehead atoms. The summed E-state index contributed by atoms with van der Waals surface area (Å²) in [4.78, 5) is 42.8. The Morgan fingerprint density at radius 2 is 1.88 bits per heavy atom.